The Balaban J connectivity index is 0.000000233. The molecule has 2 aromatic rings. The van der Waals surface area contributed by atoms with Crippen molar-refractivity contribution in [2.45, 2.75) is 32.1 Å². The Morgan fingerprint density at radius 1 is 0.783 bits per heavy atom. The molecule has 0 radical (unpaired) electrons. The molecule has 23 heavy (non-hydrogen) atoms. The van der Waals surface area contributed by atoms with Gasteiger partial charge >= 0.3 is 0 Å². The van der Waals surface area contributed by atoms with Crippen LogP contribution in [-0.2, 0) is 19.3 Å². The zero-order valence-electron chi connectivity index (χ0n) is 13.3. The van der Waals surface area contributed by atoms with E-state index in [9.17, 15) is 0 Å². The first-order chi connectivity index (χ1) is 11.4. The molecule has 3 aliphatic rings. The lowest BCUT2D eigenvalue weighted by Crippen LogP contribution is -2.08. The molecule has 0 fully saturated rings. The zero-order valence-corrected chi connectivity index (χ0v) is 13.3. The molecule has 2 aliphatic carbocycles. The van der Waals surface area contributed by atoms with Gasteiger partial charge < -0.3 is 0 Å². The van der Waals surface area contributed by atoms with Crippen molar-refractivity contribution in [3.05, 3.63) is 77.0 Å². The van der Waals surface area contributed by atoms with Crippen molar-refractivity contribution < 1.29 is 0 Å². The van der Waals surface area contributed by atoms with Crippen molar-refractivity contribution in [3.63, 3.8) is 0 Å². The second-order valence-electron chi connectivity index (χ2n) is 6.21. The highest BCUT2D eigenvalue weighted by Crippen LogP contribution is 2.38. The zero-order chi connectivity index (χ0) is 15.5. The fraction of sp³-hybridized carbons (Fsp3) is 0.227. The topological polar surface area (TPSA) is 12.4 Å². The number of fused-ring (bicyclic) bond motifs is 5. The second-order valence-corrected chi connectivity index (χ2v) is 6.21. The standard InChI is InChI=1S/C18H16.C4H5N/c1-3-7-15-13(5-1)9-11-18-16-8-4-2-6-14(16)10-12-17(15)18;1-2-4-5-3-1/h1,3-5,7-8,10,12H,2,6,9,11H2;1,3-4H,2H2. The van der Waals surface area contributed by atoms with Gasteiger partial charge in [0.1, 0.15) is 0 Å². The van der Waals surface area contributed by atoms with Gasteiger partial charge in [-0.2, -0.15) is 0 Å². The van der Waals surface area contributed by atoms with Crippen molar-refractivity contribution in [1.82, 2.24) is 0 Å². The Labute approximate surface area is 138 Å². The molecule has 0 N–H and O–H groups in total. The van der Waals surface area contributed by atoms with Crippen LogP contribution >= 0.6 is 0 Å². The quantitative estimate of drug-likeness (QED) is 0.619. The lowest BCUT2D eigenvalue weighted by Gasteiger charge is -2.24. The number of hydrogen-bond donors (Lipinski definition) is 0. The summed E-state index contributed by atoms with van der Waals surface area (Å²) >= 11 is 0. The van der Waals surface area contributed by atoms with E-state index in [0.717, 1.165) is 6.42 Å². The van der Waals surface area contributed by atoms with Crippen LogP contribution in [0, 0.1) is 0 Å². The van der Waals surface area contributed by atoms with Crippen LogP contribution in [0.15, 0.2) is 59.7 Å². The van der Waals surface area contributed by atoms with Crippen LogP contribution in [0.25, 0.3) is 17.2 Å². The molecule has 5 rings (SSSR count). The van der Waals surface area contributed by atoms with Crippen LogP contribution < -0.4 is 0 Å². The smallest absolute Gasteiger partial charge is 0.0227 e. The molecule has 1 heteroatoms. The van der Waals surface area contributed by atoms with Crippen LogP contribution in [0.4, 0.5) is 0 Å². The summed E-state index contributed by atoms with van der Waals surface area (Å²) in [5.74, 6) is 0. The predicted octanol–water partition coefficient (Wildman–Crippen LogP) is 5.39. The molecule has 0 saturated heterocycles. The third-order valence-electron chi connectivity index (χ3n) is 4.80. The summed E-state index contributed by atoms with van der Waals surface area (Å²) in [6.45, 7) is 0. The van der Waals surface area contributed by atoms with Gasteiger partial charge in [-0.3, -0.25) is 4.99 Å². The Kier molecular flexibility index (Phi) is 3.94. The number of aryl methyl sites for hydroxylation is 2. The maximum atomic E-state index is 3.78. The van der Waals surface area contributed by atoms with Gasteiger partial charge in [-0.1, -0.05) is 54.6 Å². The van der Waals surface area contributed by atoms with E-state index in [1.807, 2.05) is 12.3 Å². The molecular formula is C22H21N. The molecule has 1 nitrogen and oxygen atoms in total. The molecule has 0 aromatic heterocycles. The summed E-state index contributed by atoms with van der Waals surface area (Å²) in [5, 5.41) is 0. The number of nitrogens with zero attached hydrogens (tertiary/aromatic N) is 1. The molecule has 0 saturated carbocycles. The summed E-state index contributed by atoms with van der Waals surface area (Å²) in [7, 11) is 0. The van der Waals surface area contributed by atoms with Crippen molar-refractivity contribution in [3.8, 4) is 11.1 Å². The van der Waals surface area contributed by atoms with Crippen molar-refractivity contribution in [2.24, 2.45) is 4.99 Å². The Morgan fingerprint density at radius 2 is 1.74 bits per heavy atom. The molecule has 114 valence electrons. The highest BCUT2D eigenvalue weighted by atomic mass is 14.7. The molecular weight excluding hydrogens is 278 g/mol. The van der Waals surface area contributed by atoms with Crippen LogP contribution in [0.3, 0.4) is 0 Å². The van der Waals surface area contributed by atoms with E-state index in [-0.39, 0.29) is 0 Å². The Bertz CT molecular complexity index is 799. The van der Waals surface area contributed by atoms with E-state index in [1.54, 1.807) is 11.8 Å². The number of benzene rings is 2. The average molecular weight is 299 g/mol. The first-order valence-corrected chi connectivity index (χ1v) is 8.50. The van der Waals surface area contributed by atoms with Crippen molar-refractivity contribution >= 4 is 12.3 Å². The first kappa shape index (κ1) is 14.2. The minimum Gasteiger partial charge on any atom is -0.269 e. The molecule has 0 atom stereocenters. The van der Waals surface area contributed by atoms with Gasteiger partial charge in [0.05, 0.1) is 0 Å². The maximum Gasteiger partial charge on any atom is 0.0227 e. The van der Waals surface area contributed by atoms with Crippen LogP contribution in [0.2, 0.25) is 0 Å². The third-order valence-corrected chi connectivity index (χ3v) is 4.80. The average Bonchev–Trinajstić information content (AvgIpc) is 3.21. The van der Waals surface area contributed by atoms with Gasteiger partial charge in [-0.05, 0) is 59.1 Å². The molecule has 0 amide bonds. The highest BCUT2D eigenvalue weighted by Gasteiger charge is 2.19. The van der Waals surface area contributed by atoms with Crippen molar-refractivity contribution in [1.29, 1.82) is 0 Å². The summed E-state index contributed by atoms with van der Waals surface area (Å²) < 4.78 is 0. The van der Waals surface area contributed by atoms with Crippen LogP contribution in [-0.4, -0.2) is 6.21 Å². The third kappa shape index (κ3) is 2.79. The molecule has 0 unspecified atom stereocenters. The first-order valence-electron chi connectivity index (χ1n) is 8.50. The second kappa shape index (κ2) is 6.37. The Hall–Kier alpha value is -2.41. The van der Waals surface area contributed by atoms with Gasteiger partial charge in [-0.25, -0.2) is 0 Å². The van der Waals surface area contributed by atoms with Crippen LogP contribution in [0.5, 0.6) is 0 Å². The number of hydrogen-bond acceptors (Lipinski definition) is 1. The predicted molar refractivity (Wildman–Crippen MR) is 98.9 cm³/mol. The number of aliphatic imine (C=N–C) groups is 1. The summed E-state index contributed by atoms with van der Waals surface area (Å²) in [6, 6.07) is 13.5. The lowest BCUT2D eigenvalue weighted by molar-refractivity contribution is 0.915. The van der Waals surface area contributed by atoms with E-state index in [1.165, 1.54) is 53.5 Å². The van der Waals surface area contributed by atoms with Crippen LogP contribution in [0.1, 0.15) is 35.1 Å². The maximum absolute atomic E-state index is 3.78. The van der Waals surface area contributed by atoms with E-state index >= 15 is 0 Å². The van der Waals surface area contributed by atoms with Gasteiger partial charge in [0.25, 0.3) is 0 Å². The molecule has 1 aliphatic heterocycles. The molecule has 0 bridgehead atoms. The summed E-state index contributed by atoms with van der Waals surface area (Å²) in [5.41, 5.74) is 9.03. The normalized spacial score (nSPS) is 16.2. The Morgan fingerprint density at radius 3 is 2.57 bits per heavy atom. The SMILES string of the molecule is C1=CN=CC1.C1=Cc2c(ccc3c2CCc2ccccc2-3)CC1. The largest absolute Gasteiger partial charge is 0.269 e. The fourth-order valence-electron chi connectivity index (χ4n) is 3.67. The van der Waals surface area contributed by atoms with E-state index < -0.39 is 0 Å². The van der Waals surface area contributed by atoms with Crippen molar-refractivity contribution in [2.75, 3.05) is 0 Å². The summed E-state index contributed by atoms with van der Waals surface area (Å²) in [4.78, 5) is 3.78. The number of allylic oxidation sites excluding steroid dienone is 2. The number of rotatable bonds is 0. The van der Waals surface area contributed by atoms with Gasteiger partial charge in [0.15, 0.2) is 0 Å². The van der Waals surface area contributed by atoms with Gasteiger partial charge in [0.2, 0.25) is 0 Å². The molecule has 0 spiro atoms. The van der Waals surface area contributed by atoms with Gasteiger partial charge in [-0.15, -0.1) is 0 Å². The minimum absolute atomic E-state index is 1.03. The minimum atomic E-state index is 1.03. The highest BCUT2D eigenvalue weighted by molar-refractivity contribution is 5.78. The fourth-order valence-corrected chi connectivity index (χ4v) is 3.67. The molecule has 1 heterocycles. The monoisotopic (exact) mass is 299 g/mol. The van der Waals surface area contributed by atoms with E-state index in [4.69, 9.17) is 0 Å². The van der Waals surface area contributed by atoms with Gasteiger partial charge in [0, 0.05) is 18.8 Å². The molecule has 2 aromatic carbocycles. The van der Waals surface area contributed by atoms with E-state index in [2.05, 4.69) is 53.5 Å². The summed E-state index contributed by atoms with van der Waals surface area (Å²) in [6.07, 6.45) is 16.2. The lowest BCUT2D eigenvalue weighted by atomic mass is 9.80. The van der Waals surface area contributed by atoms with E-state index in [0.29, 0.717) is 0 Å².